The molecular weight excluding hydrogens is 470 g/mol. The van der Waals surface area contributed by atoms with Gasteiger partial charge in [-0.25, -0.2) is 14.8 Å². The number of carboxylic acid groups (broad SMARTS) is 1. The summed E-state index contributed by atoms with van der Waals surface area (Å²) in [6.45, 7) is 3.60. The number of nitrogens with one attached hydrogen (secondary N) is 2. The SMILES string of the molecule is CNCCCc1sc(N2CCCc3c2nnc(Nc2nc4ccccc4s2)c3C)nc1C(=O)O. The van der Waals surface area contributed by atoms with E-state index in [1.807, 2.05) is 43.1 Å². The van der Waals surface area contributed by atoms with Crippen LogP contribution in [0.25, 0.3) is 10.2 Å². The zero-order chi connectivity index (χ0) is 23.7. The Hall–Kier alpha value is -3.15. The lowest BCUT2D eigenvalue weighted by Gasteiger charge is -2.28. The number of benzene rings is 1. The highest BCUT2D eigenvalue weighted by Gasteiger charge is 2.28. The van der Waals surface area contributed by atoms with Crippen LogP contribution in [0, 0.1) is 6.92 Å². The minimum Gasteiger partial charge on any atom is -0.476 e. The number of aromatic nitrogens is 4. The molecule has 176 valence electrons. The average molecular weight is 496 g/mol. The Labute approximate surface area is 204 Å². The summed E-state index contributed by atoms with van der Waals surface area (Å²) < 4.78 is 1.11. The number of anilines is 4. The summed E-state index contributed by atoms with van der Waals surface area (Å²) in [6, 6.07) is 8.02. The van der Waals surface area contributed by atoms with Crippen LogP contribution in [0.1, 0.15) is 39.3 Å². The molecule has 1 aromatic carbocycles. The predicted octanol–water partition coefficient (Wildman–Crippen LogP) is 4.53. The molecule has 0 atom stereocenters. The number of nitrogens with zero attached hydrogens (tertiary/aromatic N) is 5. The van der Waals surface area contributed by atoms with Crippen molar-refractivity contribution in [1.82, 2.24) is 25.5 Å². The molecule has 4 aromatic rings. The van der Waals surface area contributed by atoms with Gasteiger partial charge in [-0.05, 0) is 58.3 Å². The van der Waals surface area contributed by atoms with E-state index >= 15 is 0 Å². The van der Waals surface area contributed by atoms with E-state index in [4.69, 9.17) is 0 Å². The Bertz CT molecular complexity index is 1320. The second-order valence-electron chi connectivity index (χ2n) is 8.12. The molecule has 9 nitrogen and oxygen atoms in total. The van der Waals surface area contributed by atoms with Gasteiger partial charge in [-0.15, -0.1) is 21.5 Å². The van der Waals surface area contributed by atoms with Gasteiger partial charge in [0.15, 0.2) is 27.6 Å². The fourth-order valence-electron chi connectivity index (χ4n) is 4.13. The summed E-state index contributed by atoms with van der Waals surface area (Å²) in [5, 5.41) is 26.6. The van der Waals surface area contributed by atoms with E-state index in [0.717, 1.165) is 69.5 Å². The van der Waals surface area contributed by atoms with Crippen LogP contribution in [0.2, 0.25) is 0 Å². The highest BCUT2D eigenvalue weighted by Crippen LogP contribution is 2.39. The van der Waals surface area contributed by atoms with Crippen molar-refractivity contribution in [3.05, 3.63) is 46.0 Å². The van der Waals surface area contributed by atoms with Crippen LogP contribution in [-0.2, 0) is 12.8 Å². The van der Waals surface area contributed by atoms with Crippen molar-refractivity contribution in [2.75, 3.05) is 30.4 Å². The van der Waals surface area contributed by atoms with Crippen LogP contribution < -0.4 is 15.5 Å². The molecule has 1 aliphatic heterocycles. The number of carboxylic acids is 1. The molecule has 0 spiro atoms. The van der Waals surface area contributed by atoms with Gasteiger partial charge in [-0.1, -0.05) is 23.5 Å². The van der Waals surface area contributed by atoms with E-state index in [1.54, 1.807) is 11.3 Å². The van der Waals surface area contributed by atoms with Gasteiger partial charge in [0, 0.05) is 22.5 Å². The molecule has 4 heterocycles. The molecule has 0 aliphatic carbocycles. The number of carbonyl (C=O) groups is 1. The molecule has 0 saturated heterocycles. The molecule has 0 amide bonds. The zero-order valence-corrected chi connectivity index (χ0v) is 20.6. The first kappa shape index (κ1) is 22.6. The van der Waals surface area contributed by atoms with E-state index < -0.39 is 5.97 Å². The lowest BCUT2D eigenvalue weighted by Crippen LogP contribution is -2.27. The Kier molecular flexibility index (Phi) is 6.40. The standard InChI is InChI=1S/C23H25N7O2S2/c1-13-14-7-6-12-30(23-26-18(21(31)32)17(34-23)10-5-11-24-2)20(14)29-28-19(13)27-22-25-15-8-3-4-9-16(15)33-22/h3-4,8-9,24H,5-7,10-12H2,1-2H3,(H,31,32)(H,25,27,28). The minimum atomic E-state index is -0.989. The molecule has 3 N–H and O–H groups in total. The molecule has 1 aliphatic rings. The van der Waals surface area contributed by atoms with Crippen LogP contribution in [-0.4, -0.2) is 51.4 Å². The monoisotopic (exact) mass is 495 g/mol. The van der Waals surface area contributed by atoms with Gasteiger partial charge in [-0.2, -0.15) is 0 Å². The Morgan fingerprint density at radius 2 is 2.06 bits per heavy atom. The molecule has 0 saturated carbocycles. The molecule has 0 fully saturated rings. The highest BCUT2D eigenvalue weighted by molar-refractivity contribution is 7.22. The van der Waals surface area contributed by atoms with Crippen LogP contribution in [0.15, 0.2) is 24.3 Å². The maximum absolute atomic E-state index is 11.8. The zero-order valence-electron chi connectivity index (χ0n) is 19.0. The van der Waals surface area contributed by atoms with Crippen LogP contribution >= 0.6 is 22.7 Å². The quantitative estimate of drug-likeness (QED) is 0.303. The molecule has 0 bridgehead atoms. The fourth-order valence-corrected chi connectivity index (χ4v) is 6.11. The summed E-state index contributed by atoms with van der Waals surface area (Å²) in [5.74, 6) is 0.459. The Morgan fingerprint density at radius 1 is 1.21 bits per heavy atom. The smallest absolute Gasteiger partial charge is 0.355 e. The van der Waals surface area contributed by atoms with E-state index in [9.17, 15) is 9.90 Å². The number of hydrogen-bond donors (Lipinski definition) is 3. The second kappa shape index (κ2) is 9.61. The molecule has 0 radical (unpaired) electrons. The van der Waals surface area contributed by atoms with Gasteiger partial charge in [0.05, 0.1) is 10.2 Å². The number of rotatable bonds is 8. The minimum absolute atomic E-state index is 0.141. The molecule has 5 rings (SSSR count). The molecule has 34 heavy (non-hydrogen) atoms. The van der Waals surface area contributed by atoms with Crippen LogP contribution in [0.3, 0.4) is 0 Å². The van der Waals surface area contributed by atoms with Crippen molar-refractivity contribution >= 4 is 60.8 Å². The fraction of sp³-hybridized carbons (Fsp3) is 0.348. The third-order valence-corrected chi connectivity index (χ3v) is 7.95. The third-order valence-electron chi connectivity index (χ3n) is 5.86. The van der Waals surface area contributed by atoms with Crippen molar-refractivity contribution in [2.24, 2.45) is 0 Å². The number of fused-ring (bicyclic) bond motifs is 2. The lowest BCUT2D eigenvalue weighted by atomic mass is 10.0. The molecule has 0 unspecified atom stereocenters. The summed E-state index contributed by atoms with van der Waals surface area (Å²) >= 11 is 3.02. The van der Waals surface area contributed by atoms with Crippen LogP contribution in [0.5, 0.6) is 0 Å². The van der Waals surface area contributed by atoms with Gasteiger partial charge >= 0.3 is 5.97 Å². The van der Waals surface area contributed by atoms with Crippen molar-refractivity contribution in [3.8, 4) is 0 Å². The van der Waals surface area contributed by atoms with Gasteiger partial charge in [-0.3, -0.25) is 0 Å². The van der Waals surface area contributed by atoms with Crippen molar-refractivity contribution in [1.29, 1.82) is 0 Å². The maximum Gasteiger partial charge on any atom is 0.355 e. The van der Waals surface area contributed by atoms with Crippen molar-refractivity contribution in [2.45, 2.75) is 32.6 Å². The number of hydrogen-bond acceptors (Lipinski definition) is 10. The third kappa shape index (κ3) is 4.33. The van der Waals surface area contributed by atoms with E-state index in [2.05, 4.69) is 30.8 Å². The summed E-state index contributed by atoms with van der Waals surface area (Å²) in [4.78, 5) is 23.7. The number of aryl methyl sites for hydroxylation is 1. The molecular formula is C23H25N7O2S2. The van der Waals surface area contributed by atoms with Gasteiger partial charge in [0.1, 0.15) is 0 Å². The predicted molar refractivity (Wildman–Crippen MR) is 136 cm³/mol. The van der Waals surface area contributed by atoms with Crippen LogP contribution in [0.4, 0.5) is 21.9 Å². The molecule has 11 heteroatoms. The number of aromatic carboxylic acids is 1. The first-order valence-corrected chi connectivity index (χ1v) is 12.8. The van der Waals surface area contributed by atoms with E-state index in [-0.39, 0.29) is 5.69 Å². The second-order valence-corrected chi connectivity index (χ2v) is 10.2. The first-order valence-electron chi connectivity index (χ1n) is 11.2. The van der Waals surface area contributed by atoms with Gasteiger partial charge in [0.2, 0.25) is 0 Å². The summed E-state index contributed by atoms with van der Waals surface area (Å²) in [6.07, 6.45) is 3.34. The Morgan fingerprint density at radius 3 is 2.85 bits per heavy atom. The summed E-state index contributed by atoms with van der Waals surface area (Å²) in [7, 11) is 1.89. The molecule has 3 aromatic heterocycles. The van der Waals surface area contributed by atoms with E-state index in [1.165, 1.54) is 11.3 Å². The maximum atomic E-state index is 11.8. The highest BCUT2D eigenvalue weighted by atomic mass is 32.1. The number of thiazole rings is 2. The topological polar surface area (TPSA) is 116 Å². The summed E-state index contributed by atoms with van der Waals surface area (Å²) in [5.41, 5.74) is 3.22. The lowest BCUT2D eigenvalue weighted by molar-refractivity contribution is 0.0690. The van der Waals surface area contributed by atoms with Gasteiger partial charge in [0.25, 0.3) is 0 Å². The number of para-hydroxylation sites is 1. The van der Waals surface area contributed by atoms with Crippen molar-refractivity contribution < 1.29 is 9.90 Å². The van der Waals surface area contributed by atoms with Crippen molar-refractivity contribution in [3.63, 3.8) is 0 Å². The normalized spacial score (nSPS) is 13.3. The first-order chi connectivity index (χ1) is 16.5. The van der Waals surface area contributed by atoms with E-state index in [0.29, 0.717) is 17.4 Å². The average Bonchev–Trinajstić information content (AvgIpc) is 3.45. The largest absolute Gasteiger partial charge is 0.476 e. The van der Waals surface area contributed by atoms with Gasteiger partial charge < -0.3 is 20.6 Å². The Balaban J connectivity index is 1.44.